The zero-order valence-corrected chi connectivity index (χ0v) is 11.6. The number of anilines is 1. The summed E-state index contributed by atoms with van der Waals surface area (Å²) in [6, 6.07) is 9.62. The van der Waals surface area contributed by atoms with Crippen LogP contribution in [0.1, 0.15) is 24.8 Å². The highest BCUT2D eigenvalue weighted by Crippen LogP contribution is 2.29. The van der Waals surface area contributed by atoms with Crippen LogP contribution in [0, 0.1) is 22.7 Å². The van der Waals surface area contributed by atoms with E-state index < -0.39 is 0 Å². The summed E-state index contributed by atoms with van der Waals surface area (Å²) >= 11 is 0. The number of ether oxygens (including phenoxy) is 1. The van der Waals surface area contributed by atoms with E-state index in [0.717, 1.165) is 24.3 Å². The molecule has 1 aliphatic rings. The van der Waals surface area contributed by atoms with Crippen LogP contribution in [-0.4, -0.2) is 20.2 Å². The molecule has 0 aromatic heterocycles. The van der Waals surface area contributed by atoms with E-state index in [4.69, 9.17) is 15.3 Å². The molecule has 0 saturated carbocycles. The molecule has 102 valence electrons. The molecule has 1 fully saturated rings. The average Bonchev–Trinajstić information content (AvgIpc) is 2.53. The first-order valence-corrected chi connectivity index (χ1v) is 6.73. The molecule has 0 unspecified atom stereocenters. The summed E-state index contributed by atoms with van der Waals surface area (Å²) in [6.07, 6.45) is 5.29. The topological polar surface area (TPSA) is 60.0 Å². The maximum atomic E-state index is 8.82. The molecule has 1 heterocycles. The second-order valence-corrected chi connectivity index (χ2v) is 4.76. The van der Waals surface area contributed by atoms with Crippen molar-refractivity contribution in [1.82, 2.24) is 0 Å². The Morgan fingerprint density at radius 1 is 1.20 bits per heavy atom. The molecule has 0 amide bonds. The van der Waals surface area contributed by atoms with Gasteiger partial charge in [0.15, 0.2) is 0 Å². The molecule has 20 heavy (non-hydrogen) atoms. The Balaban J connectivity index is 2.31. The van der Waals surface area contributed by atoms with Gasteiger partial charge in [-0.3, -0.25) is 0 Å². The minimum absolute atomic E-state index is 0.0778. The number of hydrogen-bond donors (Lipinski definition) is 0. The van der Waals surface area contributed by atoms with Gasteiger partial charge in [0.2, 0.25) is 0 Å². The molecule has 0 bridgehead atoms. The van der Waals surface area contributed by atoms with Gasteiger partial charge in [-0.15, -0.1) is 0 Å². The number of benzene rings is 1. The molecular weight excluding hydrogens is 250 g/mol. The molecule has 0 atom stereocenters. The number of rotatable bonds is 3. The van der Waals surface area contributed by atoms with Gasteiger partial charge < -0.3 is 9.64 Å². The van der Waals surface area contributed by atoms with Gasteiger partial charge >= 0.3 is 0 Å². The number of methoxy groups -OCH3 is 1. The zero-order chi connectivity index (χ0) is 14.4. The third-order valence-corrected chi connectivity index (χ3v) is 3.48. The lowest BCUT2D eigenvalue weighted by Crippen LogP contribution is -2.29. The van der Waals surface area contributed by atoms with Crippen molar-refractivity contribution in [3.05, 3.63) is 29.3 Å². The van der Waals surface area contributed by atoms with Crippen molar-refractivity contribution in [3.8, 4) is 17.9 Å². The number of allylic oxidation sites excluding steroid dienone is 1. The summed E-state index contributed by atoms with van der Waals surface area (Å²) in [7, 11) is 1.60. The SMILES string of the molecule is COc1cc(N2CCCCC2)ccc1C=C(C#N)C#N. The lowest BCUT2D eigenvalue weighted by molar-refractivity contribution is 0.413. The van der Waals surface area contributed by atoms with Crippen molar-refractivity contribution in [2.24, 2.45) is 0 Å². The highest BCUT2D eigenvalue weighted by molar-refractivity contribution is 5.69. The quantitative estimate of drug-likeness (QED) is 0.789. The fourth-order valence-electron chi connectivity index (χ4n) is 2.41. The maximum absolute atomic E-state index is 8.82. The number of hydrogen-bond acceptors (Lipinski definition) is 4. The van der Waals surface area contributed by atoms with E-state index in [-0.39, 0.29) is 5.57 Å². The Morgan fingerprint density at radius 3 is 2.50 bits per heavy atom. The highest BCUT2D eigenvalue weighted by Gasteiger charge is 2.13. The molecule has 1 aromatic rings. The first-order valence-electron chi connectivity index (χ1n) is 6.73. The zero-order valence-electron chi connectivity index (χ0n) is 11.6. The number of piperidine rings is 1. The molecule has 2 rings (SSSR count). The van der Waals surface area contributed by atoms with E-state index in [2.05, 4.69) is 4.90 Å². The number of nitrogens with zero attached hydrogens (tertiary/aromatic N) is 3. The summed E-state index contributed by atoms with van der Waals surface area (Å²) < 4.78 is 5.38. The van der Waals surface area contributed by atoms with Gasteiger partial charge in [-0.1, -0.05) is 0 Å². The van der Waals surface area contributed by atoms with Crippen molar-refractivity contribution in [2.75, 3.05) is 25.1 Å². The molecule has 4 nitrogen and oxygen atoms in total. The lowest BCUT2D eigenvalue weighted by Gasteiger charge is -2.29. The van der Waals surface area contributed by atoms with E-state index in [9.17, 15) is 0 Å². The molecule has 4 heteroatoms. The molecule has 0 aliphatic carbocycles. The summed E-state index contributed by atoms with van der Waals surface area (Å²) in [4.78, 5) is 2.34. The summed E-state index contributed by atoms with van der Waals surface area (Å²) in [5.41, 5.74) is 1.97. The fourth-order valence-corrected chi connectivity index (χ4v) is 2.41. The molecule has 0 N–H and O–H groups in total. The third kappa shape index (κ3) is 3.10. The van der Waals surface area contributed by atoms with Crippen LogP contribution in [0.15, 0.2) is 23.8 Å². The molecule has 0 spiro atoms. The van der Waals surface area contributed by atoms with Crippen molar-refractivity contribution in [3.63, 3.8) is 0 Å². The van der Waals surface area contributed by atoms with Gasteiger partial charge in [0.05, 0.1) is 7.11 Å². The smallest absolute Gasteiger partial charge is 0.130 e. The first-order chi connectivity index (χ1) is 9.78. The average molecular weight is 267 g/mol. The third-order valence-electron chi connectivity index (χ3n) is 3.48. The highest BCUT2D eigenvalue weighted by atomic mass is 16.5. The van der Waals surface area contributed by atoms with Crippen LogP contribution >= 0.6 is 0 Å². The Hall–Kier alpha value is -2.46. The van der Waals surface area contributed by atoms with E-state index in [1.54, 1.807) is 13.2 Å². The molecule has 1 aromatic carbocycles. The summed E-state index contributed by atoms with van der Waals surface area (Å²) in [5, 5.41) is 17.6. The minimum atomic E-state index is 0.0778. The summed E-state index contributed by atoms with van der Waals surface area (Å²) in [5.74, 6) is 0.691. The second-order valence-electron chi connectivity index (χ2n) is 4.76. The fraction of sp³-hybridized carbons (Fsp3) is 0.375. The van der Waals surface area contributed by atoms with E-state index in [0.29, 0.717) is 5.75 Å². The predicted molar refractivity (Wildman–Crippen MR) is 78.3 cm³/mol. The van der Waals surface area contributed by atoms with Crippen molar-refractivity contribution < 1.29 is 4.74 Å². The maximum Gasteiger partial charge on any atom is 0.130 e. The van der Waals surface area contributed by atoms with Crippen LogP contribution in [0.3, 0.4) is 0 Å². The van der Waals surface area contributed by atoms with Gasteiger partial charge in [-0.2, -0.15) is 10.5 Å². The van der Waals surface area contributed by atoms with Crippen LogP contribution in [0.25, 0.3) is 6.08 Å². The first kappa shape index (κ1) is 14.0. The van der Waals surface area contributed by atoms with Gasteiger partial charge in [-0.25, -0.2) is 0 Å². The minimum Gasteiger partial charge on any atom is -0.496 e. The van der Waals surface area contributed by atoms with E-state index in [1.165, 1.54) is 19.3 Å². The van der Waals surface area contributed by atoms with Gasteiger partial charge in [0, 0.05) is 30.4 Å². The van der Waals surface area contributed by atoms with Crippen molar-refractivity contribution in [1.29, 1.82) is 10.5 Å². The van der Waals surface area contributed by atoms with Crippen LogP contribution in [0.2, 0.25) is 0 Å². The Bertz CT molecular complexity index is 571. The molecule has 1 saturated heterocycles. The normalized spacial score (nSPS) is 14.1. The van der Waals surface area contributed by atoms with Crippen molar-refractivity contribution >= 4 is 11.8 Å². The summed E-state index contributed by atoms with van der Waals surface area (Å²) in [6.45, 7) is 2.14. The molecule has 0 radical (unpaired) electrons. The van der Waals surface area contributed by atoms with Gasteiger partial charge in [-0.05, 0) is 37.5 Å². The van der Waals surface area contributed by atoms with Crippen LogP contribution in [-0.2, 0) is 0 Å². The van der Waals surface area contributed by atoms with Crippen LogP contribution < -0.4 is 9.64 Å². The second kappa shape index (κ2) is 6.63. The predicted octanol–water partition coefficient (Wildman–Crippen LogP) is 3.12. The largest absolute Gasteiger partial charge is 0.496 e. The molecular formula is C16H17N3O. The number of nitriles is 2. The Labute approximate surface area is 119 Å². The monoisotopic (exact) mass is 267 g/mol. The van der Waals surface area contributed by atoms with Crippen molar-refractivity contribution in [2.45, 2.75) is 19.3 Å². The van der Waals surface area contributed by atoms with Gasteiger partial charge in [0.1, 0.15) is 23.5 Å². The Morgan fingerprint density at radius 2 is 1.90 bits per heavy atom. The Kier molecular flexibility index (Phi) is 4.63. The van der Waals surface area contributed by atoms with E-state index in [1.807, 2.05) is 30.3 Å². The molecule has 1 aliphatic heterocycles. The van der Waals surface area contributed by atoms with E-state index >= 15 is 0 Å². The van der Waals surface area contributed by atoms with Gasteiger partial charge in [0.25, 0.3) is 0 Å². The lowest BCUT2D eigenvalue weighted by atomic mass is 10.1. The standard InChI is InChI=1S/C16H17N3O/c1-20-16-10-15(19-7-3-2-4-8-19)6-5-14(16)9-13(11-17)12-18/h5-6,9-10H,2-4,7-8H2,1H3. The van der Waals surface area contributed by atoms with Crippen LogP contribution in [0.5, 0.6) is 5.75 Å². The van der Waals surface area contributed by atoms with Crippen LogP contribution in [0.4, 0.5) is 5.69 Å².